The Morgan fingerprint density at radius 2 is 2.11 bits per heavy atom. The lowest BCUT2D eigenvalue weighted by Gasteiger charge is -2.15. The molecular weight excluding hydrogens is 240 g/mol. The Balaban J connectivity index is 2.46. The predicted octanol–water partition coefficient (Wildman–Crippen LogP) is 1.18. The SMILES string of the molecule is CN(CCCN)CC(=O)Nc1ccc(F)c(F)c1. The molecule has 0 radical (unpaired) electrons. The second-order valence-corrected chi connectivity index (χ2v) is 4.06. The third-order valence-electron chi connectivity index (χ3n) is 2.36. The molecule has 0 saturated heterocycles. The van der Waals surface area contributed by atoms with Crippen molar-refractivity contribution >= 4 is 11.6 Å². The van der Waals surface area contributed by atoms with Crippen LogP contribution >= 0.6 is 0 Å². The molecule has 1 rings (SSSR count). The Kier molecular flexibility index (Phi) is 5.67. The number of likely N-dealkylation sites (N-methyl/N-ethyl adjacent to an activating group) is 1. The van der Waals surface area contributed by atoms with Gasteiger partial charge in [0.25, 0.3) is 0 Å². The number of halogens is 2. The number of nitrogens with zero attached hydrogens (tertiary/aromatic N) is 1. The van der Waals surface area contributed by atoms with E-state index in [-0.39, 0.29) is 18.1 Å². The summed E-state index contributed by atoms with van der Waals surface area (Å²) in [6.45, 7) is 1.45. The van der Waals surface area contributed by atoms with Crippen LogP contribution in [0.25, 0.3) is 0 Å². The van der Waals surface area contributed by atoms with E-state index in [1.807, 2.05) is 4.90 Å². The summed E-state index contributed by atoms with van der Waals surface area (Å²) in [5.74, 6) is -2.20. The zero-order valence-corrected chi connectivity index (χ0v) is 10.2. The first-order valence-electron chi connectivity index (χ1n) is 5.66. The van der Waals surface area contributed by atoms with E-state index in [1.165, 1.54) is 6.07 Å². The quantitative estimate of drug-likeness (QED) is 0.804. The highest BCUT2D eigenvalue weighted by molar-refractivity contribution is 5.92. The van der Waals surface area contributed by atoms with Gasteiger partial charge in [-0.1, -0.05) is 0 Å². The molecule has 100 valence electrons. The molecule has 0 aliphatic rings. The molecule has 0 bridgehead atoms. The third kappa shape index (κ3) is 4.77. The molecule has 1 aromatic rings. The molecule has 3 N–H and O–H groups in total. The van der Waals surface area contributed by atoms with Crippen molar-refractivity contribution < 1.29 is 13.6 Å². The highest BCUT2D eigenvalue weighted by Crippen LogP contribution is 2.12. The summed E-state index contributed by atoms with van der Waals surface area (Å²) in [4.78, 5) is 13.4. The largest absolute Gasteiger partial charge is 0.330 e. The fraction of sp³-hybridized carbons (Fsp3) is 0.417. The summed E-state index contributed by atoms with van der Waals surface area (Å²) < 4.78 is 25.6. The summed E-state index contributed by atoms with van der Waals surface area (Å²) in [7, 11) is 1.79. The lowest BCUT2D eigenvalue weighted by atomic mass is 10.3. The number of hydrogen-bond donors (Lipinski definition) is 2. The van der Waals surface area contributed by atoms with Crippen LogP contribution < -0.4 is 11.1 Å². The van der Waals surface area contributed by atoms with Crippen molar-refractivity contribution in [1.82, 2.24) is 4.90 Å². The fourth-order valence-electron chi connectivity index (χ4n) is 1.46. The van der Waals surface area contributed by atoms with Crippen molar-refractivity contribution in [3.63, 3.8) is 0 Å². The molecule has 1 aromatic carbocycles. The third-order valence-corrected chi connectivity index (χ3v) is 2.36. The maximum absolute atomic E-state index is 12.9. The van der Waals surface area contributed by atoms with Crippen molar-refractivity contribution in [2.75, 3.05) is 32.0 Å². The molecule has 0 spiro atoms. The molecule has 0 aromatic heterocycles. The first kappa shape index (κ1) is 14.5. The Morgan fingerprint density at radius 3 is 2.72 bits per heavy atom. The summed E-state index contributed by atoms with van der Waals surface area (Å²) in [5, 5.41) is 2.50. The van der Waals surface area contributed by atoms with Crippen LogP contribution in [0.4, 0.5) is 14.5 Å². The molecule has 18 heavy (non-hydrogen) atoms. The van der Waals surface area contributed by atoms with Gasteiger partial charge in [-0.05, 0) is 38.7 Å². The highest BCUT2D eigenvalue weighted by atomic mass is 19.2. The van der Waals surface area contributed by atoms with Gasteiger partial charge >= 0.3 is 0 Å². The lowest BCUT2D eigenvalue weighted by Crippen LogP contribution is -2.31. The van der Waals surface area contributed by atoms with Crippen molar-refractivity contribution in [1.29, 1.82) is 0 Å². The van der Waals surface area contributed by atoms with Crippen LogP contribution in [-0.2, 0) is 4.79 Å². The Hall–Kier alpha value is -1.53. The minimum Gasteiger partial charge on any atom is -0.330 e. The first-order valence-corrected chi connectivity index (χ1v) is 5.66. The number of nitrogens with one attached hydrogen (secondary N) is 1. The first-order chi connectivity index (χ1) is 8.52. The topological polar surface area (TPSA) is 58.4 Å². The van der Waals surface area contributed by atoms with Gasteiger partial charge in [-0.2, -0.15) is 0 Å². The van der Waals surface area contributed by atoms with Crippen LogP contribution in [-0.4, -0.2) is 37.5 Å². The fourth-order valence-corrected chi connectivity index (χ4v) is 1.46. The number of amides is 1. The lowest BCUT2D eigenvalue weighted by molar-refractivity contribution is -0.117. The van der Waals surface area contributed by atoms with Gasteiger partial charge in [0.05, 0.1) is 6.54 Å². The monoisotopic (exact) mass is 257 g/mol. The Labute approximate surface area is 105 Å². The van der Waals surface area contributed by atoms with Crippen molar-refractivity contribution in [2.24, 2.45) is 5.73 Å². The summed E-state index contributed by atoms with van der Waals surface area (Å²) in [6.07, 6.45) is 0.801. The Morgan fingerprint density at radius 1 is 1.39 bits per heavy atom. The number of carbonyl (C=O) groups is 1. The number of rotatable bonds is 6. The molecule has 0 aliphatic heterocycles. The van der Waals surface area contributed by atoms with Crippen molar-refractivity contribution in [3.8, 4) is 0 Å². The van der Waals surface area contributed by atoms with E-state index in [0.717, 1.165) is 18.6 Å². The molecule has 0 fully saturated rings. The molecular formula is C12H17F2N3O. The smallest absolute Gasteiger partial charge is 0.238 e. The maximum atomic E-state index is 12.9. The van der Waals surface area contributed by atoms with Crippen LogP contribution in [0.2, 0.25) is 0 Å². The van der Waals surface area contributed by atoms with Crippen LogP contribution in [0.5, 0.6) is 0 Å². The minimum atomic E-state index is -0.982. The average Bonchev–Trinajstić information content (AvgIpc) is 2.31. The second-order valence-electron chi connectivity index (χ2n) is 4.06. The van der Waals surface area contributed by atoms with E-state index < -0.39 is 11.6 Å². The highest BCUT2D eigenvalue weighted by Gasteiger charge is 2.08. The van der Waals surface area contributed by atoms with Gasteiger partial charge in [-0.3, -0.25) is 9.69 Å². The second kappa shape index (κ2) is 7.03. The zero-order valence-electron chi connectivity index (χ0n) is 10.2. The zero-order chi connectivity index (χ0) is 13.5. The molecule has 4 nitrogen and oxygen atoms in total. The van der Waals surface area contributed by atoms with Gasteiger partial charge in [0.15, 0.2) is 11.6 Å². The standard InChI is InChI=1S/C12H17F2N3O/c1-17(6-2-5-15)8-12(18)16-9-3-4-10(13)11(14)7-9/h3-4,7H,2,5-6,8,15H2,1H3,(H,16,18). The van der Waals surface area contributed by atoms with E-state index in [4.69, 9.17) is 5.73 Å². The van der Waals surface area contributed by atoms with Gasteiger partial charge in [0, 0.05) is 11.8 Å². The van der Waals surface area contributed by atoms with Gasteiger partial charge in [0.1, 0.15) is 0 Å². The summed E-state index contributed by atoms with van der Waals surface area (Å²) in [5.41, 5.74) is 5.60. The average molecular weight is 257 g/mol. The van der Waals surface area contributed by atoms with Crippen molar-refractivity contribution in [3.05, 3.63) is 29.8 Å². The predicted molar refractivity (Wildman–Crippen MR) is 66.2 cm³/mol. The number of hydrogen-bond acceptors (Lipinski definition) is 3. The molecule has 0 aliphatic carbocycles. The summed E-state index contributed by atoms with van der Waals surface area (Å²) >= 11 is 0. The summed E-state index contributed by atoms with van der Waals surface area (Å²) in [6, 6.07) is 3.24. The van der Waals surface area contributed by atoms with E-state index in [0.29, 0.717) is 13.1 Å². The van der Waals surface area contributed by atoms with Crippen molar-refractivity contribution in [2.45, 2.75) is 6.42 Å². The van der Waals surface area contributed by atoms with Crippen LogP contribution in [0, 0.1) is 11.6 Å². The van der Waals surface area contributed by atoms with Crippen LogP contribution in [0.1, 0.15) is 6.42 Å². The molecule has 0 unspecified atom stereocenters. The van der Waals surface area contributed by atoms with E-state index in [2.05, 4.69) is 5.32 Å². The number of carbonyl (C=O) groups excluding carboxylic acids is 1. The maximum Gasteiger partial charge on any atom is 0.238 e. The van der Waals surface area contributed by atoms with Crippen LogP contribution in [0.15, 0.2) is 18.2 Å². The number of nitrogens with two attached hydrogens (primary N) is 1. The van der Waals surface area contributed by atoms with Gasteiger partial charge in [0.2, 0.25) is 5.91 Å². The molecule has 1 amide bonds. The van der Waals surface area contributed by atoms with Gasteiger partial charge in [-0.15, -0.1) is 0 Å². The van der Waals surface area contributed by atoms with Crippen LogP contribution in [0.3, 0.4) is 0 Å². The number of benzene rings is 1. The molecule has 0 atom stereocenters. The van der Waals surface area contributed by atoms with E-state index in [9.17, 15) is 13.6 Å². The molecule has 0 saturated carbocycles. The number of anilines is 1. The molecule has 6 heteroatoms. The minimum absolute atomic E-state index is 0.180. The Bertz CT molecular complexity index is 412. The molecule has 0 heterocycles. The van der Waals surface area contributed by atoms with Gasteiger partial charge < -0.3 is 11.1 Å². The van der Waals surface area contributed by atoms with E-state index >= 15 is 0 Å². The van der Waals surface area contributed by atoms with E-state index in [1.54, 1.807) is 7.05 Å². The normalized spacial score (nSPS) is 10.7. The van der Waals surface area contributed by atoms with Gasteiger partial charge in [-0.25, -0.2) is 8.78 Å².